The van der Waals surface area contributed by atoms with Crippen LogP contribution in [0.3, 0.4) is 0 Å². The van der Waals surface area contributed by atoms with E-state index in [9.17, 15) is 18.0 Å². The van der Waals surface area contributed by atoms with Crippen LogP contribution in [0.25, 0.3) is 0 Å². The van der Waals surface area contributed by atoms with Crippen molar-refractivity contribution in [3.63, 3.8) is 0 Å². The highest BCUT2D eigenvalue weighted by Crippen LogP contribution is 2.39. The first kappa shape index (κ1) is 22.8. The molecule has 0 spiro atoms. The molecule has 0 unspecified atom stereocenters. The number of halogens is 4. The van der Waals surface area contributed by atoms with Gasteiger partial charge in [-0.2, -0.15) is 18.2 Å². The van der Waals surface area contributed by atoms with E-state index in [1.54, 1.807) is 41.3 Å². The Morgan fingerprint density at radius 1 is 1.03 bits per heavy atom. The molecule has 1 amide bonds. The Bertz CT molecular complexity index is 1120. The van der Waals surface area contributed by atoms with Gasteiger partial charge < -0.3 is 15.0 Å². The molecule has 0 radical (unpaired) electrons. The topological polar surface area (TPSA) is 70.6 Å². The van der Waals surface area contributed by atoms with Gasteiger partial charge in [-0.25, -0.2) is 4.98 Å². The first-order chi connectivity index (χ1) is 15.8. The number of hydrogen-bond acceptors (Lipinski definition) is 6. The number of nitrogens with one attached hydrogen (secondary N) is 1. The second kappa shape index (κ2) is 9.63. The molecule has 172 valence electrons. The smallest absolute Gasteiger partial charge is 0.378 e. The number of hydrogen-bond donors (Lipinski definition) is 1. The highest BCUT2D eigenvalue weighted by molar-refractivity contribution is 6.29. The minimum Gasteiger partial charge on any atom is -0.378 e. The molecule has 1 aromatic heterocycles. The quantitative estimate of drug-likeness (QED) is 0.525. The van der Waals surface area contributed by atoms with Crippen molar-refractivity contribution < 1.29 is 22.7 Å². The van der Waals surface area contributed by atoms with E-state index >= 15 is 0 Å². The zero-order chi connectivity index (χ0) is 23.4. The summed E-state index contributed by atoms with van der Waals surface area (Å²) in [5, 5.41) is 2.12. The molecule has 2 heterocycles. The molecule has 3 aromatic rings. The number of carbonyl (C=O) groups excluding carboxylic acids is 1. The standard InChI is InChI=1S/C22H19ClF3N5O2/c23-18-14-19(29-21(28-18)30-10-12-33-13-11-30)31(15-6-2-1-3-7-15)17-9-5-4-8-16(17)27-20(32)22(24,25)26/h1-9,14H,10-13H2,(H,27,32). The van der Waals surface area contributed by atoms with Gasteiger partial charge in [0.25, 0.3) is 0 Å². The van der Waals surface area contributed by atoms with Crippen LogP contribution in [0.15, 0.2) is 60.7 Å². The van der Waals surface area contributed by atoms with Crippen LogP contribution in [0, 0.1) is 0 Å². The number of alkyl halides is 3. The molecule has 1 N–H and O–H groups in total. The predicted octanol–water partition coefficient (Wildman–Crippen LogP) is 4.94. The van der Waals surface area contributed by atoms with Gasteiger partial charge >= 0.3 is 12.1 Å². The summed E-state index contributed by atoms with van der Waals surface area (Å²) in [4.78, 5) is 24.2. The number of benzene rings is 2. The maximum atomic E-state index is 12.9. The molecule has 33 heavy (non-hydrogen) atoms. The van der Waals surface area contributed by atoms with Gasteiger partial charge in [0.1, 0.15) is 11.0 Å². The molecule has 11 heteroatoms. The second-order valence-corrected chi connectivity index (χ2v) is 7.48. The molecule has 4 rings (SSSR count). The van der Waals surface area contributed by atoms with Gasteiger partial charge in [-0.05, 0) is 24.3 Å². The van der Waals surface area contributed by atoms with Crippen molar-refractivity contribution >= 4 is 46.3 Å². The number of morpholine rings is 1. The van der Waals surface area contributed by atoms with Gasteiger partial charge in [-0.1, -0.05) is 41.9 Å². The van der Waals surface area contributed by atoms with Crippen LogP contribution in [-0.4, -0.2) is 48.4 Å². The molecule has 7 nitrogen and oxygen atoms in total. The number of carbonyl (C=O) groups is 1. The summed E-state index contributed by atoms with van der Waals surface area (Å²) in [5.74, 6) is -1.37. The van der Waals surface area contributed by atoms with Crippen LogP contribution in [0.5, 0.6) is 0 Å². The first-order valence-corrected chi connectivity index (χ1v) is 10.4. The monoisotopic (exact) mass is 477 g/mol. The van der Waals surface area contributed by atoms with Crippen molar-refractivity contribution in [1.82, 2.24) is 9.97 Å². The van der Waals surface area contributed by atoms with E-state index in [-0.39, 0.29) is 16.5 Å². The number of anilines is 5. The third kappa shape index (κ3) is 5.35. The lowest BCUT2D eigenvalue weighted by atomic mass is 10.2. The number of amides is 1. The zero-order valence-electron chi connectivity index (χ0n) is 17.2. The third-order valence-corrected chi connectivity index (χ3v) is 5.05. The minimum absolute atomic E-state index is 0.0358. The fourth-order valence-electron chi connectivity index (χ4n) is 3.35. The fraction of sp³-hybridized carbons (Fsp3) is 0.227. The molecular weight excluding hydrogens is 459 g/mol. The van der Waals surface area contributed by atoms with Crippen LogP contribution >= 0.6 is 11.6 Å². The molecule has 1 aliphatic rings. The summed E-state index contributed by atoms with van der Waals surface area (Å²) in [6, 6.07) is 16.6. The van der Waals surface area contributed by atoms with Crippen LogP contribution in [0.4, 0.5) is 42.0 Å². The Morgan fingerprint density at radius 3 is 2.39 bits per heavy atom. The van der Waals surface area contributed by atoms with E-state index in [0.29, 0.717) is 43.8 Å². The van der Waals surface area contributed by atoms with Crippen LogP contribution < -0.4 is 15.1 Å². The maximum Gasteiger partial charge on any atom is 0.471 e. The van der Waals surface area contributed by atoms with Crippen molar-refractivity contribution in [3.8, 4) is 0 Å². The molecular formula is C22H19ClF3N5O2. The fourth-order valence-corrected chi connectivity index (χ4v) is 3.53. The molecule has 0 atom stereocenters. The Hall–Kier alpha value is -3.37. The molecule has 0 saturated carbocycles. The highest BCUT2D eigenvalue weighted by Gasteiger charge is 2.39. The maximum absolute atomic E-state index is 12.9. The van der Waals surface area contributed by atoms with Crippen molar-refractivity contribution in [2.45, 2.75) is 6.18 Å². The first-order valence-electron chi connectivity index (χ1n) is 10.0. The average Bonchev–Trinajstić information content (AvgIpc) is 2.81. The van der Waals surface area contributed by atoms with E-state index in [4.69, 9.17) is 16.3 Å². The van der Waals surface area contributed by atoms with Crippen molar-refractivity contribution in [2.24, 2.45) is 0 Å². The van der Waals surface area contributed by atoms with Crippen LogP contribution in [0.2, 0.25) is 5.15 Å². The zero-order valence-corrected chi connectivity index (χ0v) is 18.0. The highest BCUT2D eigenvalue weighted by atomic mass is 35.5. The van der Waals surface area contributed by atoms with Gasteiger partial charge in [0, 0.05) is 24.8 Å². The lowest BCUT2D eigenvalue weighted by molar-refractivity contribution is -0.167. The molecule has 0 bridgehead atoms. The van der Waals surface area contributed by atoms with E-state index in [1.165, 1.54) is 18.2 Å². The van der Waals surface area contributed by atoms with Gasteiger partial charge in [0.2, 0.25) is 5.95 Å². The Balaban J connectivity index is 1.82. The minimum atomic E-state index is -5.04. The van der Waals surface area contributed by atoms with Crippen LogP contribution in [-0.2, 0) is 9.53 Å². The van der Waals surface area contributed by atoms with Crippen molar-refractivity contribution in [2.75, 3.05) is 41.4 Å². The van der Waals surface area contributed by atoms with E-state index in [0.717, 1.165) is 0 Å². The summed E-state index contributed by atoms with van der Waals surface area (Å²) >= 11 is 6.32. The van der Waals surface area contributed by atoms with Crippen LogP contribution in [0.1, 0.15) is 0 Å². The van der Waals surface area contributed by atoms with Gasteiger partial charge in [-0.3, -0.25) is 9.69 Å². The van der Waals surface area contributed by atoms with E-state index in [2.05, 4.69) is 9.97 Å². The number of rotatable bonds is 5. The SMILES string of the molecule is O=C(Nc1ccccc1N(c1ccccc1)c1cc(Cl)nc(N2CCOCC2)n1)C(F)(F)F. The second-order valence-electron chi connectivity index (χ2n) is 7.09. The summed E-state index contributed by atoms with van der Waals surface area (Å²) < 4.78 is 44.2. The Labute approximate surface area is 192 Å². The van der Waals surface area contributed by atoms with Crippen molar-refractivity contribution in [3.05, 3.63) is 65.8 Å². The molecule has 1 fully saturated rings. The number of para-hydroxylation sites is 3. The van der Waals surface area contributed by atoms with Gasteiger partial charge in [0.05, 0.1) is 24.6 Å². The molecule has 2 aromatic carbocycles. The molecule has 1 saturated heterocycles. The summed E-state index contributed by atoms with van der Waals surface area (Å²) in [6.45, 7) is 2.17. The predicted molar refractivity (Wildman–Crippen MR) is 119 cm³/mol. The lowest BCUT2D eigenvalue weighted by Crippen LogP contribution is -2.37. The normalized spacial score (nSPS) is 14.1. The van der Waals surface area contributed by atoms with E-state index in [1.807, 2.05) is 16.3 Å². The molecule has 1 aliphatic heterocycles. The lowest BCUT2D eigenvalue weighted by Gasteiger charge is -2.30. The number of ether oxygens (including phenoxy) is 1. The van der Waals surface area contributed by atoms with Gasteiger partial charge in [0.15, 0.2) is 0 Å². The average molecular weight is 478 g/mol. The van der Waals surface area contributed by atoms with Crippen molar-refractivity contribution in [1.29, 1.82) is 0 Å². The summed E-state index contributed by atoms with van der Waals surface area (Å²) in [7, 11) is 0. The largest absolute Gasteiger partial charge is 0.471 e. The van der Waals surface area contributed by atoms with Gasteiger partial charge in [-0.15, -0.1) is 0 Å². The number of aromatic nitrogens is 2. The Kier molecular flexibility index (Phi) is 6.66. The summed E-state index contributed by atoms with van der Waals surface area (Å²) in [6.07, 6.45) is -5.04. The number of nitrogens with zero attached hydrogens (tertiary/aromatic N) is 4. The Morgan fingerprint density at radius 2 is 1.70 bits per heavy atom. The summed E-state index contributed by atoms with van der Waals surface area (Å²) in [5.41, 5.74) is 0.851. The third-order valence-electron chi connectivity index (χ3n) is 4.86. The van der Waals surface area contributed by atoms with E-state index < -0.39 is 12.1 Å². The molecule has 0 aliphatic carbocycles.